The van der Waals surface area contributed by atoms with Crippen molar-refractivity contribution in [1.29, 1.82) is 0 Å². The molecule has 6 heteroatoms. The summed E-state index contributed by atoms with van der Waals surface area (Å²) in [7, 11) is 0. The van der Waals surface area contributed by atoms with E-state index in [1.54, 1.807) is 11.1 Å². The highest BCUT2D eigenvalue weighted by Crippen LogP contribution is 2.23. The Bertz CT molecular complexity index is 602. The first-order valence-electron chi connectivity index (χ1n) is 9.35. The van der Waals surface area contributed by atoms with Gasteiger partial charge in [-0.15, -0.1) is 0 Å². The normalized spacial score (nSPS) is 15.8. The van der Waals surface area contributed by atoms with Crippen LogP contribution in [0.4, 0.5) is 4.79 Å². The molecular formula is C20H31N3O3. The van der Waals surface area contributed by atoms with E-state index in [2.05, 4.69) is 4.98 Å². The van der Waals surface area contributed by atoms with Gasteiger partial charge in [-0.2, -0.15) is 0 Å². The molecule has 1 aliphatic heterocycles. The summed E-state index contributed by atoms with van der Waals surface area (Å²) in [4.78, 5) is 33.1. The number of carbonyl (C=O) groups is 2. The average Bonchev–Trinajstić information content (AvgIpc) is 2.58. The molecular weight excluding hydrogens is 330 g/mol. The van der Waals surface area contributed by atoms with Gasteiger partial charge < -0.3 is 14.5 Å². The summed E-state index contributed by atoms with van der Waals surface area (Å²) in [5.41, 5.74) is 0.390. The minimum atomic E-state index is -0.499. The molecule has 1 saturated heterocycles. The van der Waals surface area contributed by atoms with Crippen LogP contribution in [0.5, 0.6) is 0 Å². The van der Waals surface area contributed by atoms with E-state index in [1.165, 1.54) is 0 Å². The Kier molecular flexibility index (Phi) is 6.62. The van der Waals surface area contributed by atoms with Gasteiger partial charge in [0.1, 0.15) is 5.60 Å². The predicted molar refractivity (Wildman–Crippen MR) is 100 cm³/mol. The summed E-state index contributed by atoms with van der Waals surface area (Å²) in [5, 5.41) is 0. The zero-order valence-corrected chi connectivity index (χ0v) is 16.6. The number of hydrogen-bond donors (Lipinski definition) is 0. The van der Waals surface area contributed by atoms with Crippen LogP contribution < -0.4 is 0 Å². The van der Waals surface area contributed by atoms with E-state index in [0.717, 1.165) is 5.69 Å². The molecule has 0 aliphatic carbocycles. The largest absolute Gasteiger partial charge is 0.444 e. The Balaban J connectivity index is 1.94. The van der Waals surface area contributed by atoms with Gasteiger partial charge in [0.25, 0.3) is 0 Å². The van der Waals surface area contributed by atoms with Crippen molar-refractivity contribution in [3.63, 3.8) is 0 Å². The lowest BCUT2D eigenvalue weighted by Gasteiger charge is -2.36. The van der Waals surface area contributed by atoms with Gasteiger partial charge in [0.05, 0.1) is 12.2 Å². The van der Waals surface area contributed by atoms with Crippen LogP contribution in [0.3, 0.4) is 0 Å². The lowest BCUT2D eigenvalue weighted by Crippen LogP contribution is -2.47. The van der Waals surface area contributed by atoms with Gasteiger partial charge >= 0.3 is 6.09 Å². The van der Waals surface area contributed by atoms with Gasteiger partial charge in [0.15, 0.2) is 0 Å². The molecule has 6 nitrogen and oxygen atoms in total. The van der Waals surface area contributed by atoms with Crippen molar-refractivity contribution in [3.05, 3.63) is 30.1 Å². The van der Waals surface area contributed by atoms with E-state index in [9.17, 15) is 9.59 Å². The van der Waals surface area contributed by atoms with Crippen molar-refractivity contribution in [3.8, 4) is 0 Å². The number of nitrogens with zero attached hydrogens (tertiary/aromatic N) is 3. The summed E-state index contributed by atoms with van der Waals surface area (Å²) < 4.78 is 5.42. The highest BCUT2D eigenvalue weighted by molar-refractivity contribution is 5.79. The Morgan fingerprint density at radius 1 is 1.27 bits per heavy atom. The third-order valence-corrected chi connectivity index (χ3v) is 4.46. The Hall–Kier alpha value is -2.11. The van der Waals surface area contributed by atoms with Crippen LogP contribution >= 0.6 is 0 Å². The molecule has 0 bridgehead atoms. The number of aromatic nitrogens is 1. The number of carbonyl (C=O) groups excluding carboxylic acids is 2. The molecule has 1 aromatic rings. The van der Waals surface area contributed by atoms with Crippen LogP contribution in [0.1, 0.15) is 53.2 Å². The molecule has 0 saturated carbocycles. The van der Waals surface area contributed by atoms with E-state index in [0.29, 0.717) is 32.5 Å². The van der Waals surface area contributed by atoms with E-state index >= 15 is 0 Å². The molecule has 0 unspecified atom stereocenters. The maximum Gasteiger partial charge on any atom is 0.410 e. The van der Waals surface area contributed by atoms with Crippen LogP contribution in [0.15, 0.2) is 24.4 Å². The molecule has 2 rings (SSSR count). The summed E-state index contributed by atoms with van der Waals surface area (Å²) in [6, 6.07) is 5.85. The number of likely N-dealkylation sites (tertiary alicyclic amines) is 1. The summed E-state index contributed by atoms with van der Waals surface area (Å²) >= 11 is 0. The predicted octanol–water partition coefficient (Wildman–Crippen LogP) is 3.47. The second-order valence-electron chi connectivity index (χ2n) is 8.12. The highest BCUT2D eigenvalue weighted by Gasteiger charge is 2.32. The van der Waals surface area contributed by atoms with Crippen molar-refractivity contribution in [2.24, 2.45) is 5.92 Å². The number of hydrogen-bond acceptors (Lipinski definition) is 4. The third-order valence-electron chi connectivity index (χ3n) is 4.46. The van der Waals surface area contributed by atoms with E-state index < -0.39 is 5.60 Å². The molecule has 0 radical (unpaired) electrons. The first-order chi connectivity index (χ1) is 12.2. The molecule has 144 valence electrons. The first kappa shape index (κ1) is 20.2. The van der Waals surface area contributed by atoms with Gasteiger partial charge in [0, 0.05) is 31.2 Å². The molecule has 1 fully saturated rings. The number of amides is 2. The molecule has 1 aromatic heterocycles. The second-order valence-corrected chi connectivity index (χ2v) is 8.12. The summed E-state index contributed by atoms with van der Waals surface area (Å²) in [6.45, 7) is 11.3. The summed E-state index contributed by atoms with van der Waals surface area (Å²) in [6.07, 6.45) is 2.79. The fraction of sp³-hybridized carbons (Fsp3) is 0.650. The fourth-order valence-electron chi connectivity index (χ4n) is 3.05. The van der Waals surface area contributed by atoms with Crippen molar-refractivity contribution < 1.29 is 14.3 Å². The zero-order chi connectivity index (χ0) is 19.3. The van der Waals surface area contributed by atoms with Crippen LogP contribution in [0, 0.1) is 5.92 Å². The van der Waals surface area contributed by atoms with Crippen molar-refractivity contribution in [2.45, 2.75) is 65.6 Å². The zero-order valence-electron chi connectivity index (χ0n) is 16.6. The monoisotopic (exact) mass is 361 g/mol. The fourth-order valence-corrected chi connectivity index (χ4v) is 3.05. The number of ether oxygens (including phenoxy) is 1. The van der Waals surface area contributed by atoms with Gasteiger partial charge in [-0.05, 0) is 59.6 Å². The molecule has 1 aliphatic rings. The smallest absolute Gasteiger partial charge is 0.410 e. The van der Waals surface area contributed by atoms with Gasteiger partial charge in [-0.25, -0.2) is 4.79 Å². The van der Waals surface area contributed by atoms with Gasteiger partial charge in [0.2, 0.25) is 5.91 Å². The molecule has 2 heterocycles. The topological polar surface area (TPSA) is 62.7 Å². The lowest BCUT2D eigenvalue weighted by molar-refractivity contribution is -0.139. The maximum absolute atomic E-state index is 13.0. The number of rotatable bonds is 4. The molecule has 26 heavy (non-hydrogen) atoms. The maximum atomic E-state index is 13.0. The van der Waals surface area contributed by atoms with E-state index in [-0.39, 0.29) is 24.0 Å². The Labute approximate surface area is 156 Å². The van der Waals surface area contributed by atoms with Crippen molar-refractivity contribution in [2.75, 3.05) is 13.1 Å². The van der Waals surface area contributed by atoms with E-state index in [4.69, 9.17) is 4.74 Å². The van der Waals surface area contributed by atoms with Gasteiger partial charge in [-0.1, -0.05) is 6.07 Å². The minimum absolute atomic E-state index is 0.0557. The summed E-state index contributed by atoms with van der Waals surface area (Å²) in [5.74, 6) is 0.0919. The van der Waals surface area contributed by atoms with Crippen LogP contribution in [-0.2, 0) is 16.1 Å². The average molecular weight is 361 g/mol. The molecule has 0 N–H and O–H groups in total. The number of pyridine rings is 1. The standard InChI is InChI=1S/C20H31N3O3/c1-15(2)23(14-17-8-6-7-11-21-17)18(24)16-9-12-22(13-10-16)19(25)26-20(3,4)5/h6-8,11,15-16H,9-10,12-14H2,1-5H3. The Morgan fingerprint density at radius 2 is 1.92 bits per heavy atom. The first-order valence-corrected chi connectivity index (χ1v) is 9.35. The molecule has 0 atom stereocenters. The quantitative estimate of drug-likeness (QED) is 0.824. The van der Waals surface area contributed by atoms with Gasteiger partial charge in [-0.3, -0.25) is 9.78 Å². The van der Waals surface area contributed by atoms with Crippen LogP contribution in [0.2, 0.25) is 0 Å². The van der Waals surface area contributed by atoms with Crippen LogP contribution in [-0.4, -0.2) is 51.5 Å². The second kappa shape index (κ2) is 8.52. The SMILES string of the molecule is CC(C)N(Cc1ccccn1)C(=O)C1CCN(C(=O)OC(C)(C)C)CC1. The Morgan fingerprint density at radius 3 is 2.42 bits per heavy atom. The lowest BCUT2D eigenvalue weighted by atomic mass is 9.95. The minimum Gasteiger partial charge on any atom is -0.444 e. The molecule has 0 aromatic carbocycles. The van der Waals surface area contributed by atoms with E-state index in [1.807, 2.05) is 57.7 Å². The number of piperidine rings is 1. The highest BCUT2D eigenvalue weighted by atomic mass is 16.6. The molecule has 0 spiro atoms. The molecule has 2 amide bonds. The third kappa shape index (κ3) is 5.71. The van der Waals surface area contributed by atoms with Crippen molar-refractivity contribution >= 4 is 12.0 Å². The van der Waals surface area contributed by atoms with Crippen molar-refractivity contribution in [1.82, 2.24) is 14.8 Å². The van der Waals surface area contributed by atoms with Crippen LogP contribution in [0.25, 0.3) is 0 Å².